The van der Waals surface area contributed by atoms with E-state index >= 15 is 0 Å². The van der Waals surface area contributed by atoms with Crippen LogP contribution in [0.15, 0.2) is 43.0 Å². The summed E-state index contributed by atoms with van der Waals surface area (Å²) in [6, 6.07) is 6.81. The van der Waals surface area contributed by atoms with Crippen molar-refractivity contribution in [1.29, 1.82) is 0 Å². The Morgan fingerprint density at radius 1 is 1.09 bits per heavy atom. The number of aryl methyl sites for hydroxylation is 1. The summed E-state index contributed by atoms with van der Waals surface area (Å²) in [7, 11) is 0. The Balaban J connectivity index is 1.42. The maximum absolute atomic E-state index is 13.0. The molecule has 5 heteroatoms. The van der Waals surface area contributed by atoms with Gasteiger partial charge in [0.15, 0.2) is 0 Å². The van der Waals surface area contributed by atoms with Gasteiger partial charge in [0.2, 0.25) is 0 Å². The van der Waals surface area contributed by atoms with Crippen LogP contribution in [-0.4, -0.2) is 39.3 Å². The van der Waals surface area contributed by atoms with E-state index in [4.69, 9.17) is 0 Å². The molecule has 1 aliphatic rings. The lowest BCUT2D eigenvalue weighted by molar-refractivity contribution is 0.291. The third kappa shape index (κ3) is 4.01. The van der Waals surface area contributed by atoms with Crippen LogP contribution >= 0.6 is 0 Å². The molecule has 0 fully saturated rings. The first-order valence-corrected chi connectivity index (χ1v) is 7.81. The van der Waals surface area contributed by atoms with Crippen molar-refractivity contribution in [2.75, 3.05) is 19.6 Å². The minimum absolute atomic E-state index is 0.172. The van der Waals surface area contributed by atoms with Crippen molar-refractivity contribution in [2.45, 2.75) is 25.8 Å². The molecule has 0 amide bonds. The largest absolute Gasteiger partial charge is 0.299 e. The predicted molar refractivity (Wildman–Crippen MR) is 84.7 cm³/mol. The van der Waals surface area contributed by atoms with E-state index in [1.165, 1.54) is 24.1 Å². The molecule has 0 unspecified atom stereocenters. The first-order valence-electron chi connectivity index (χ1n) is 7.81. The molecule has 1 aromatic carbocycles. The van der Waals surface area contributed by atoms with Crippen molar-refractivity contribution in [3.8, 4) is 0 Å². The second kappa shape index (κ2) is 7.31. The first kappa shape index (κ1) is 14.9. The minimum Gasteiger partial charge on any atom is -0.299 e. The maximum Gasteiger partial charge on any atom is 0.137 e. The van der Waals surface area contributed by atoms with E-state index in [2.05, 4.69) is 21.1 Å². The quantitative estimate of drug-likeness (QED) is 0.769. The number of hydrogen-bond acceptors (Lipinski definition) is 3. The lowest BCUT2D eigenvalue weighted by atomic mass is 9.99. The number of aromatic nitrogens is 3. The fraction of sp³-hybridized carbons (Fsp3) is 0.412. The molecule has 2 aromatic rings. The molecule has 116 valence electrons. The summed E-state index contributed by atoms with van der Waals surface area (Å²) in [5, 5.41) is 4.11. The van der Waals surface area contributed by atoms with Crippen LogP contribution in [0.2, 0.25) is 0 Å². The standard InChI is InChI=1S/C17H21FN4/c18-17-5-3-15(4-6-17)16-7-11-21(12-8-16)9-1-2-10-22-14-19-13-20-22/h3-7,13-14H,1-2,8-12H2. The van der Waals surface area contributed by atoms with Crippen LogP contribution in [0.1, 0.15) is 24.8 Å². The molecule has 0 radical (unpaired) electrons. The molecule has 22 heavy (non-hydrogen) atoms. The third-order valence-corrected chi connectivity index (χ3v) is 4.09. The van der Waals surface area contributed by atoms with Crippen molar-refractivity contribution < 1.29 is 4.39 Å². The molecule has 0 saturated heterocycles. The van der Waals surface area contributed by atoms with E-state index in [1.807, 2.05) is 16.8 Å². The van der Waals surface area contributed by atoms with Crippen molar-refractivity contribution in [3.05, 3.63) is 54.4 Å². The summed E-state index contributed by atoms with van der Waals surface area (Å²) >= 11 is 0. The summed E-state index contributed by atoms with van der Waals surface area (Å²) in [4.78, 5) is 6.41. The van der Waals surface area contributed by atoms with Crippen molar-refractivity contribution in [1.82, 2.24) is 19.7 Å². The molecule has 0 saturated carbocycles. The molecule has 2 heterocycles. The Bertz CT molecular complexity index is 604. The highest BCUT2D eigenvalue weighted by Gasteiger charge is 2.12. The number of rotatable bonds is 6. The second-order valence-corrected chi connectivity index (χ2v) is 5.65. The third-order valence-electron chi connectivity index (χ3n) is 4.09. The van der Waals surface area contributed by atoms with E-state index in [-0.39, 0.29) is 5.82 Å². The van der Waals surface area contributed by atoms with Gasteiger partial charge < -0.3 is 0 Å². The van der Waals surface area contributed by atoms with Gasteiger partial charge in [-0.25, -0.2) is 9.37 Å². The van der Waals surface area contributed by atoms with Crippen LogP contribution in [0.5, 0.6) is 0 Å². The number of hydrogen-bond donors (Lipinski definition) is 0. The smallest absolute Gasteiger partial charge is 0.137 e. The Kier molecular flexibility index (Phi) is 4.96. The van der Waals surface area contributed by atoms with Gasteiger partial charge in [-0.2, -0.15) is 5.10 Å². The first-order chi connectivity index (χ1) is 10.8. The highest BCUT2D eigenvalue weighted by molar-refractivity contribution is 5.66. The van der Waals surface area contributed by atoms with Gasteiger partial charge >= 0.3 is 0 Å². The van der Waals surface area contributed by atoms with Gasteiger partial charge in [-0.05, 0) is 49.1 Å². The highest BCUT2D eigenvalue weighted by atomic mass is 19.1. The summed E-state index contributed by atoms with van der Waals surface area (Å²) in [5.74, 6) is -0.172. The van der Waals surface area contributed by atoms with E-state index in [1.54, 1.807) is 12.7 Å². The second-order valence-electron chi connectivity index (χ2n) is 5.65. The molecule has 0 bridgehead atoms. The molecule has 0 atom stereocenters. The fourth-order valence-corrected chi connectivity index (χ4v) is 2.80. The van der Waals surface area contributed by atoms with Gasteiger partial charge in [0.25, 0.3) is 0 Å². The maximum atomic E-state index is 13.0. The van der Waals surface area contributed by atoms with E-state index in [9.17, 15) is 4.39 Å². The zero-order chi connectivity index (χ0) is 15.2. The number of halogens is 1. The Labute approximate surface area is 130 Å². The lowest BCUT2D eigenvalue weighted by Crippen LogP contribution is -2.29. The van der Waals surface area contributed by atoms with E-state index in [0.717, 1.165) is 44.6 Å². The Hall–Kier alpha value is -2.01. The molecule has 3 rings (SSSR count). The molecule has 4 nitrogen and oxygen atoms in total. The molecular weight excluding hydrogens is 279 g/mol. The number of nitrogens with zero attached hydrogens (tertiary/aromatic N) is 4. The van der Waals surface area contributed by atoms with Gasteiger partial charge in [-0.15, -0.1) is 0 Å². The van der Waals surface area contributed by atoms with Gasteiger partial charge in [0.05, 0.1) is 0 Å². The van der Waals surface area contributed by atoms with Crippen LogP contribution in [0.25, 0.3) is 5.57 Å². The minimum atomic E-state index is -0.172. The SMILES string of the molecule is Fc1ccc(C2=CCN(CCCCn3cncn3)CC2)cc1. The number of benzene rings is 1. The van der Waals surface area contributed by atoms with Gasteiger partial charge in [0, 0.05) is 19.6 Å². The average molecular weight is 300 g/mol. The monoisotopic (exact) mass is 300 g/mol. The lowest BCUT2D eigenvalue weighted by Gasteiger charge is -2.26. The molecule has 1 aliphatic heterocycles. The highest BCUT2D eigenvalue weighted by Crippen LogP contribution is 2.22. The van der Waals surface area contributed by atoms with Gasteiger partial charge in [-0.1, -0.05) is 18.2 Å². The van der Waals surface area contributed by atoms with E-state index < -0.39 is 0 Å². The molecule has 0 aliphatic carbocycles. The van der Waals surface area contributed by atoms with Crippen LogP contribution in [0.4, 0.5) is 4.39 Å². The van der Waals surface area contributed by atoms with Crippen LogP contribution < -0.4 is 0 Å². The number of unbranched alkanes of at least 4 members (excludes halogenated alkanes) is 1. The summed E-state index contributed by atoms with van der Waals surface area (Å²) in [6.45, 7) is 4.11. The zero-order valence-corrected chi connectivity index (χ0v) is 12.7. The van der Waals surface area contributed by atoms with Crippen LogP contribution in [0, 0.1) is 5.82 Å². The molecular formula is C17H21FN4. The average Bonchev–Trinajstić information content (AvgIpc) is 3.06. The van der Waals surface area contributed by atoms with E-state index in [0.29, 0.717) is 0 Å². The summed E-state index contributed by atoms with van der Waals surface area (Å²) in [6.07, 6.45) is 8.93. The predicted octanol–water partition coefficient (Wildman–Crippen LogP) is 2.99. The van der Waals surface area contributed by atoms with Crippen LogP contribution in [0.3, 0.4) is 0 Å². The van der Waals surface area contributed by atoms with Gasteiger partial charge in [-0.3, -0.25) is 9.58 Å². The topological polar surface area (TPSA) is 34.0 Å². The molecule has 1 aromatic heterocycles. The zero-order valence-electron chi connectivity index (χ0n) is 12.7. The fourth-order valence-electron chi connectivity index (χ4n) is 2.80. The molecule has 0 spiro atoms. The summed E-state index contributed by atoms with van der Waals surface area (Å²) < 4.78 is 14.8. The Morgan fingerprint density at radius 3 is 2.59 bits per heavy atom. The van der Waals surface area contributed by atoms with Crippen LogP contribution in [-0.2, 0) is 6.54 Å². The van der Waals surface area contributed by atoms with Crippen molar-refractivity contribution in [3.63, 3.8) is 0 Å². The van der Waals surface area contributed by atoms with Gasteiger partial charge in [0.1, 0.15) is 18.5 Å². The Morgan fingerprint density at radius 2 is 1.91 bits per heavy atom. The molecule has 0 N–H and O–H groups in total. The van der Waals surface area contributed by atoms with Crippen molar-refractivity contribution in [2.24, 2.45) is 0 Å². The summed E-state index contributed by atoms with van der Waals surface area (Å²) in [5.41, 5.74) is 2.48. The van der Waals surface area contributed by atoms with Crippen molar-refractivity contribution >= 4 is 5.57 Å². The normalized spacial score (nSPS) is 15.8.